The Hall–Kier alpha value is -3.76. The van der Waals surface area contributed by atoms with Crippen LogP contribution < -0.4 is 5.32 Å². The molecule has 0 spiro atoms. The van der Waals surface area contributed by atoms with Gasteiger partial charge in [0.15, 0.2) is 0 Å². The summed E-state index contributed by atoms with van der Waals surface area (Å²) in [6, 6.07) is 7.74. The van der Waals surface area contributed by atoms with Gasteiger partial charge in [-0.05, 0) is 43.7 Å². The molecule has 0 fully saturated rings. The molecule has 34 heavy (non-hydrogen) atoms. The first-order chi connectivity index (χ1) is 16.5. The summed E-state index contributed by atoms with van der Waals surface area (Å²) >= 11 is 1.16. The molecule has 2 aromatic heterocycles. The summed E-state index contributed by atoms with van der Waals surface area (Å²) in [4.78, 5) is 52.1. The first-order valence-electron chi connectivity index (χ1n) is 10.6. The van der Waals surface area contributed by atoms with Crippen LogP contribution in [0.1, 0.15) is 54.8 Å². The van der Waals surface area contributed by atoms with Gasteiger partial charge in [-0.3, -0.25) is 19.3 Å². The highest BCUT2D eigenvalue weighted by molar-refractivity contribution is 7.15. The Balaban J connectivity index is 1.59. The Morgan fingerprint density at radius 3 is 2.62 bits per heavy atom. The zero-order chi connectivity index (χ0) is 24.2. The van der Waals surface area contributed by atoms with Crippen LogP contribution in [0.25, 0.3) is 11.3 Å². The molecule has 176 valence electrons. The molecule has 0 bridgehead atoms. The highest BCUT2D eigenvalue weighted by Gasteiger charge is 2.35. The Labute approximate surface area is 199 Å². The molecule has 1 aliphatic heterocycles. The van der Waals surface area contributed by atoms with Gasteiger partial charge in [0.05, 0.1) is 24.0 Å². The van der Waals surface area contributed by atoms with Crippen molar-refractivity contribution in [1.29, 1.82) is 0 Å². The molecular formula is C24H22N2O7S. The van der Waals surface area contributed by atoms with Crippen molar-refractivity contribution in [2.75, 3.05) is 32.2 Å². The van der Waals surface area contributed by atoms with Crippen LogP contribution >= 0.6 is 11.3 Å². The predicted molar refractivity (Wildman–Crippen MR) is 124 cm³/mol. The number of nitrogens with zero attached hydrogens (tertiary/aromatic N) is 1. The second-order valence-corrected chi connectivity index (χ2v) is 8.25. The Kier molecular flexibility index (Phi) is 6.90. The van der Waals surface area contributed by atoms with Gasteiger partial charge in [-0.2, -0.15) is 0 Å². The van der Waals surface area contributed by atoms with Gasteiger partial charge in [0, 0.05) is 36.8 Å². The molecule has 10 heteroatoms. The Morgan fingerprint density at radius 1 is 1.12 bits per heavy atom. The van der Waals surface area contributed by atoms with E-state index in [-0.39, 0.29) is 35.4 Å². The van der Waals surface area contributed by atoms with Crippen molar-refractivity contribution in [2.45, 2.75) is 13.3 Å². The van der Waals surface area contributed by atoms with Gasteiger partial charge in [-0.15, -0.1) is 11.3 Å². The molecule has 0 saturated heterocycles. The molecule has 3 amide bonds. The van der Waals surface area contributed by atoms with Crippen molar-refractivity contribution in [3.05, 3.63) is 64.2 Å². The van der Waals surface area contributed by atoms with Gasteiger partial charge in [-0.25, -0.2) is 4.79 Å². The predicted octanol–water partition coefficient (Wildman–Crippen LogP) is 4.07. The standard InChI is InChI=1S/C24H22N2O7S/c1-3-32-24(30)19-17(18-6-4-11-33-18)13-34-21(19)25-20(27)14-7-8-15-16(12-14)23(29)26(22(15)28)9-5-10-31-2/h4,6-8,11-13H,3,5,9-10H2,1-2H3,(H,25,27). The number of rotatable bonds is 9. The maximum absolute atomic E-state index is 13.0. The van der Waals surface area contributed by atoms with E-state index in [0.29, 0.717) is 29.4 Å². The van der Waals surface area contributed by atoms with Crippen LogP contribution in [0, 0.1) is 0 Å². The van der Waals surface area contributed by atoms with Gasteiger partial charge in [-0.1, -0.05) is 0 Å². The normalized spacial score (nSPS) is 12.7. The molecule has 1 aromatic carbocycles. The van der Waals surface area contributed by atoms with Crippen molar-refractivity contribution < 1.29 is 33.1 Å². The summed E-state index contributed by atoms with van der Waals surface area (Å²) in [6.07, 6.45) is 2.00. The van der Waals surface area contributed by atoms with Crippen molar-refractivity contribution in [2.24, 2.45) is 0 Å². The number of hydrogen-bond donors (Lipinski definition) is 1. The minimum atomic E-state index is -0.591. The maximum Gasteiger partial charge on any atom is 0.341 e. The Bertz CT molecular complexity index is 1250. The largest absolute Gasteiger partial charge is 0.464 e. The van der Waals surface area contributed by atoms with Crippen molar-refractivity contribution in [3.8, 4) is 11.3 Å². The Morgan fingerprint density at radius 2 is 1.91 bits per heavy atom. The molecular weight excluding hydrogens is 460 g/mol. The third kappa shape index (κ3) is 4.37. The number of methoxy groups -OCH3 is 1. The van der Waals surface area contributed by atoms with Gasteiger partial charge in [0.25, 0.3) is 17.7 Å². The number of anilines is 1. The molecule has 1 N–H and O–H groups in total. The fraction of sp³-hybridized carbons (Fsp3) is 0.250. The van der Waals surface area contributed by atoms with E-state index >= 15 is 0 Å². The summed E-state index contributed by atoms with van der Waals surface area (Å²) in [5.41, 5.74) is 1.30. The minimum Gasteiger partial charge on any atom is -0.464 e. The maximum atomic E-state index is 13.0. The van der Waals surface area contributed by atoms with Crippen LogP contribution in [0.2, 0.25) is 0 Å². The quantitative estimate of drug-likeness (QED) is 0.278. The number of nitrogens with one attached hydrogen (secondary N) is 1. The third-order valence-electron chi connectivity index (χ3n) is 5.25. The van der Waals surface area contributed by atoms with E-state index in [2.05, 4.69) is 5.32 Å². The van der Waals surface area contributed by atoms with Gasteiger partial charge in [0.2, 0.25) is 0 Å². The SMILES string of the molecule is CCOC(=O)c1c(-c2ccco2)csc1NC(=O)c1ccc2c(c1)C(=O)N(CCCOC)C2=O. The number of fused-ring (bicyclic) bond motifs is 1. The van der Waals surface area contributed by atoms with Crippen LogP contribution in [-0.2, 0) is 9.47 Å². The first-order valence-corrected chi connectivity index (χ1v) is 11.5. The lowest BCUT2D eigenvalue weighted by Crippen LogP contribution is -2.31. The molecule has 3 heterocycles. The summed E-state index contributed by atoms with van der Waals surface area (Å²) in [5, 5.41) is 4.72. The number of esters is 1. The topological polar surface area (TPSA) is 115 Å². The van der Waals surface area contributed by atoms with Crippen LogP contribution in [0.5, 0.6) is 0 Å². The van der Waals surface area contributed by atoms with Crippen molar-refractivity contribution >= 4 is 40.0 Å². The van der Waals surface area contributed by atoms with Crippen molar-refractivity contribution in [1.82, 2.24) is 4.90 Å². The highest BCUT2D eigenvalue weighted by Crippen LogP contribution is 2.37. The second-order valence-electron chi connectivity index (χ2n) is 7.37. The molecule has 0 saturated carbocycles. The lowest BCUT2D eigenvalue weighted by Gasteiger charge is -2.12. The number of furan rings is 1. The number of carbonyl (C=O) groups is 4. The van der Waals surface area contributed by atoms with Crippen LogP contribution in [-0.4, -0.2) is 55.5 Å². The number of benzene rings is 1. The van der Waals surface area contributed by atoms with E-state index in [1.807, 2.05) is 0 Å². The number of imide groups is 1. The summed E-state index contributed by atoms with van der Waals surface area (Å²) < 4.78 is 15.6. The average molecular weight is 483 g/mol. The zero-order valence-corrected chi connectivity index (χ0v) is 19.4. The average Bonchev–Trinajstić information content (AvgIpc) is 3.55. The molecule has 1 aliphatic rings. The van der Waals surface area contributed by atoms with Gasteiger partial charge < -0.3 is 19.2 Å². The number of carbonyl (C=O) groups excluding carboxylic acids is 4. The van der Waals surface area contributed by atoms with E-state index in [9.17, 15) is 19.2 Å². The molecule has 0 atom stereocenters. The zero-order valence-electron chi connectivity index (χ0n) is 18.6. The van der Waals surface area contributed by atoms with Crippen LogP contribution in [0.4, 0.5) is 5.00 Å². The summed E-state index contributed by atoms with van der Waals surface area (Å²) in [7, 11) is 1.55. The molecule has 4 rings (SSSR count). The summed E-state index contributed by atoms with van der Waals surface area (Å²) in [6.45, 7) is 2.51. The van der Waals surface area contributed by atoms with Gasteiger partial charge in [0.1, 0.15) is 16.3 Å². The minimum absolute atomic E-state index is 0.168. The number of hydrogen-bond acceptors (Lipinski definition) is 8. The fourth-order valence-corrected chi connectivity index (χ4v) is 4.58. The van der Waals surface area contributed by atoms with Crippen LogP contribution in [0.15, 0.2) is 46.4 Å². The lowest BCUT2D eigenvalue weighted by atomic mass is 10.1. The van der Waals surface area contributed by atoms with E-state index in [4.69, 9.17) is 13.9 Å². The smallest absolute Gasteiger partial charge is 0.341 e. The van der Waals surface area contributed by atoms with E-state index < -0.39 is 23.7 Å². The molecule has 3 aromatic rings. The number of thiophene rings is 1. The molecule has 0 aliphatic carbocycles. The fourth-order valence-electron chi connectivity index (χ4n) is 3.65. The van der Waals surface area contributed by atoms with E-state index in [1.165, 1.54) is 24.5 Å². The molecule has 9 nitrogen and oxygen atoms in total. The van der Waals surface area contributed by atoms with Crippen molar-refractivity contribution in [3.63, 3.8) is 0 Å². The highest BCUT2D eigenvalue weighted by atomic mass is 32.1. The third-order valence-corrected chi connectivity index (χ3v) is 6.14. The van der Waals surface area contributed by atoms with E-state index in [1.54, 1.807) is 31.5 Å². The summed E-state index contributed by atoms with van der Waals surface area (Å²) in [5.74, 6) is -1.50. The molecule has 0 unspecified atom stereocenters. The van der Waals surface area contributed by atoms with Gasteiger partial charge >= 0.3 is 5.97 Å². The molecule has 0 radical (unpaired) electrons. The first kappa shape index (κ1) is 23.4. The lowest BCUT2D eigenvalue weighted by molar-refractivity contribution is 0.0527. The monoisotopic (exact) mass is 482 g/mol. The second kappa shape index (κ2) is 10.0. The van der Waals surface area contributed by atoms with E-state index in [0.717, 1.165) is 16.2 Å². The number of ether oxygens (including phenoxy) is 2. The van der Waals surface area contributed by atoms with Crippen LogP contribution in [0.3, 0.4) is 0 Å². The number of amides is 3.